The Balaban J connectivity index is 2.24. The van der Waals surface area contributed by atoms with E-state index in [1.807, 2.05) is 6.92 Å². The highest BCUT2D eigenvalue weighted by Gasteiger charge is 2.27. The number of thioether (sulfide) groups is 2. The van der Waals surface area contributed by atoms with Crippen molar-refractivity contribution in [2.45, 2.75) is 12.2 Å². The second kappa shape index (κ2) is 7.47. The summed E-state index contributed by atoms with van der Waals surface area (Å²) in [6.07, 6.45) is 2.52. The van der Waals surface area contributed by atoms with Gasteiger partial charge >= 0.3 is 5.97 Å². The highest BCUT2D eigenvalue weighted by molar-refractivity contribution is 8.25. The number of carbonyl (C=O) groups is 2. The fraction of sp³-hybridized carbons (Fsp3) is 0.200. The average Bonchev–Trinajstić information content (AvgIpc) is 2.91. The first-order chi connectivity index (χ1) is 10.9. The summed E-state index contributed by atoms with van der Waals surface area (Å²) in [4.78, 5) is 33.7. The van der Waals surface area contributed by atoms with Gasteiger partial charge in [0, 0.05) is 23.1 Å². The van der Waals surface area contributed by atoms with Gasteiger partial charge in [-0.05, 0) is 11.6 Å². The zero-order chi connectivity index (χ0) is 17.0. The summed E-state index contributed by atoms with van der Waals surface area (Å²) in [6.45, 7) is 1.97. The third-order valence-corrected chi connectivity index (χ3v) is 5.90. The lowest BCUT2D eigenvalue weighted by atomic mass is 10.1. The number of nitro benzene ring substituents is 1. The van der Waals surface area contributed by atoms with Crippen molar-refractivity contribution in [3.8, 4) is 0 Å². The smallest absolute Gasteiger partial charge is 0.341 e. The van der Waals surface area contributed by atoms with Crippen LogP contribution in [0.15, 0.2) is 40.2 Å². The monoisotopic (exact) mass is 351 g/mol. The van der Waals surface area contributed by atoms with Crippen molar-refractivity contribution in [2.75, 3.05) is 5.75 Å². The number of carbonyl (C=O) groups excluding carboxylic acids is 1. The van der Waals surface area contributed by atoms with Crippen LogP contribution in [0.3, 0.4) is 0 Å². The number of non-ortho nitro benzene ring substituents is 1. The second-order valence-electron chi connectivity index (χ2n) is 4.76. The van der Waals surface area contributed by atoms with Crippen LogP contribution in [0.25, 0.3) is 6.08 Å². The molecule has 23 heavy (non-hydrogen) atoms. The van der Waals surface area contributed by atoms with Crippen LogP contribution in [0, 0.1) is 10.1 Å². The van der Waals surface area contributed by atoms with Gasteiger partial charge in [0.2, 0.25) is 0 Å². The normalized spacial score (nSPS) is 19.8. The Morgan fingerprint density at radius 1 is 1.43 bits per heavy atom. The summed E-state index contributed by atoms with van der Waals surface area (Å²) >= 11 is 2.74. The summed E-state index contributed by atoms with van der Waals surface area (Å²) in [6, 6.07) is 5.77. The van der Waals surface area contributed by atoms with Gasteiger partial charge in [-0.1, -0.05) is 25.1 Å². The number of nitrogens with zero attached hydrogens (tertiary/aromatic N) is 1. The SMILES string of the molecule is C[C@H]1CS/C(=C(\C(=O)O)C(=O)/C=C/c2cccc([N+](=O)[O-])c2)S1. The fourth-order valence-corrected chi connectivity index (χ4v) is 4.70. The molecule has 0 bridgehead atoms. The Morgan fingerprint density at radius 2 is 2.17 bits per heavy atom. The number of allylic oxidation sites excluding steroid dienone is 1. The minimum absolute atomic E-state index is 0.0906. The third kappa shape index (κ3) is 4.46. The molecule has 1 aliphatic rings. The van der Waals surface area contributed by atoms with Crippen molar-refractivity contribution in [3.05, 3.63) is 55.8 Å². The number of ketones is 1. The molecule has 1 saturated heterocycles. The van der Waals surface area contributed by atoms with E-state index in [1.54, 1.807) is 6.07 Å². The van der Waals surface area contributed by atoms with Crippen LogP contribution in [-0.4, -0.2) is 32.8 Å². The predicted molar refractivity (Wildman–Crippen MR) is 91.3 cm³/mol. The Labute approximate surface area is 140 Å². The molecule has 0 spiro atoms. The van der Waals surface area contributed by atoms with Crippen LogP contribution >= 0.6 is 23.5 Å². The van der Waals surface area contributed by atoms with Crippen molar-refractivity contribution in [3.63, 3.8) is 0 Å². The minimum atomic E-state index is -1.26. The highest BCUT2D eigenvalue weighted by atomic mass is 32.2. The molecular formula is C15H13NO5S2. The maximum atomic E-state index is 12.2. The molecular weight excluding hydrogens is 338 g/mol. The molecule has 1 aromatic rings. The molecule has 1 N–H and O–H groups in total. The Bertz CT molecular complexity index is 726. The van der Waals surface area contributed by atoms with E-state index in [-0.39, 0.29) is 16.5 Å². The van der Waals surface area contributed by atoms with Gasteiger partial charge in [0.05, 0.1) is 9.16 Å². The number of benzene rings is 1. The van der Waals surface area contributed by atoms with Gasteiger partial charge in [-0.3, -0.25) is 14.9 Å². The fourth-order valence-electron chi connectivity index (χ4n) is 1.87. The van der Waals surface area contributed by atoms with Gasteiger partial charge in [-0.15, -0.1) is 23.5 Å². The number of hydrogen-bond acceptors (Lipinski definition) is 6. The van der Waals surface area contributed by atoms with E-state index in [1.165, 1.54) is 47.8 Å². The summed E-state index contributed by atoms with van der Waals surface area (Å²) in [5, 5.41) is 20.3. The summed E-state index contributed by atoms with van der Waals surface area (Å²) in [5.41, 5.74) is 0.126. The molecule has 2 rings (SSSR count). The number of hydrogen-bond donors (Lipinski definition) is 1. The standard InChI is InChI=1S/C15H13NO5S2/c1-9-8-22-15(23-9)13(14(18)19)12(17)6-5-10-3-2-4-11(7-10)16(20)21/h2-7,9H,8H2,1H3,(H,18,19)/b6-5+,15-13+/t9-/m0/s1. The van der Waals surface area contributed by atoms with E-state index in [0.29, 0.717) is 9.80 Å². The number of aliphatic carboxylic acids is 1. The van der Waals surface area contributed by atoms with E-state index >= 15 is 0 Å². The topological polar surface area (TPSA) is 97.5 Å². The van der Waals surface area contributed by atoms with E-state index in [4.69, 9.17) is 0 Å². The van der Waals surface area contributed by atoms with Crippen molar-refractivity contribution in [1.29, 1.82) is 0 Å². The Hall–Kier alpha value is -2.06. The molecule has 1 heterocycles. The van der Waals surface area contributed by atoms with Crippen molar-refractivity contribution < 1.29 is 19.6 Å². The number of nitro groups is 1. The molecule has 8 heteroatoms. The molecule has 0 aromatic heterocycles. The van der Waals surface area contributed by atoms with Crippen LogP contribution < -0.4 is 0 Å². The van der Waals surface area contributed by atoms with Crippen LogP contribution in [0.2, 0.25) is 0 Å². The largest absolute Gasteiger partial charge is 0.477 e. The van der Waals surface area contributed by atoms with Crippen molar-refractivity contribution >= 4 is 47.0 Å². The van der Waals surface area contributed by atoms with E-state index in [0.717, 1.165) is 11.8 Å². The van der Waals surface area contributed by atoms with E-state index in [9.17, 15) is 24.8 Å². The molecule has 120 valence electrons. The van der Waals surface area contributed by atoms with Crippen LogP contribution in [0.4, 0.5) is 5.69 Å². The quantitative estimate of drug-likeness (QED) is 0.286. The highest BCUT2D eigenvalue weighted by Crippen LogP contribution is 2.43. The van der Waals surface area contributed by atoms with E-state index < -0.39 is 16.7 Å². The van der Waals surface area contributed by atoms with E-state index in [2.05, 4.69) is 0 Å². The molecule has 0 aliphatic carbocycles. The molecule has 0 amide bonds. The first-order valence-electron chi connectivity index (χ1n) is 6.62. The first-order valence-corrected chi connectivity index (χ1v) is 8.49. The molecule has 0 unspecified atom stereocenters. The number of rotatable bonds is 5. The number of carboxylic acid groups (broad SMARTS) is 1. The number of carboxylic acids is 1. The second-order valence-corrected chi connectivity index (χ2v) is 7.49. The lowest BCUT2D eigenvalue weighted by Crippen LogP contribution is -2.11. The molecule has 0 radical (unpaired) electrons. The average molecular weight is 351 g/mol. The molecule has 1 aromatic carbocycles. The van der Waals surface area contributed by atoms with Gasteiger partial charge < -0.3 is 5.11 Å². The van der Waals surface area contributed by atoms with Gasteiger partial charge in [-0.25, -0.2) is 4.79 Å². The van der Waals surface area contributed by atoms with Gasteiger partial charge in [0.15, 0.2) is 5.78 Å². The lowest BCUT2D eigenvalue weighted by Gasteiger charge is -2.02. The summed E-state index contributed by atoms with van der Waals surface area (Å²) < 4.78 is 0.513. The van der Waals surface area contributed by atoms with Gasteiger partial charge in [0.25, 0.3) is 5.69 Å². The predicted octanol–water partition coefficient (Wildman–Crippen LogP) is 3.34. The molecule has 1 atom stereocenters. The van der Waals surface area contributed by atoms with Crippen molar-refractivity contribution in [2.24, 2.45) is 0 Å². The first kappa shape index (κ1) is 17.3. The zero-order valence-electron chi connectivity index (χ0n) is 12.1. The van der Waals surface area contributed by atoms with Crippen LogP contribution in [0.1, 0.15) is 12.5 Å². The third-order valence-electron chi connectivity index (χ3n) is 2.93. The molecule has 1 fully saturated rings. The maximum absolute atomic E-state index is 12.2. The van der Waals surface area contributed by atoms with Gasteiger partial charge in [-0.2, -0.15) is 0 Å². The zero-order valence-corrected chi connectivity index (χ0v) is 13.7. The Kier molecular flexibility index (Phi) is 5.62. The lowest BCUT2D eigenvalue weighted by molar-refractivity contribution is -0.384. The minimum Gasteiger partial charge on any atom is -0.477 e. The summed E-state index contributed by atoms with van der Waals surface area (Å²) in [5.74, 6) is -1.12. The van der Waals surface area contributed by atoms with Crippen LogP contribution in [0.5, 0.6) is 0 Å². The Morgan fingerprint density at radius 3 is 2.74 bits per heavy atom. The van der Waals surface area contributed by atoms with Crippen molar-refractivity contribution in [1.82, 2.24) is 0 Å². The molecule has 6 nitrogen and oxygen atoms in total. The maximum Gasteiger partial charge on any atom is 0.341 e. The van der Waals surface area contributed by atoms with Gasteiger partial charge in [0.1, 0.15) is 5.57 Å². The summed E-state index contributed by atoms with van der Waals surface area (Å²) in [7, 11) is 0. The molecule has 1 aliphatic heterocycles. The van der Waals surface area contributed by atoms with Crippen LogP contribution in [-0.2, 0) is 9.59 Å². The molecule has 0 saturated carbocycles.